The van der Waals surface area contributed by atoms with Crippen molar-refractivity contribution in [2.75, 3.05) is 13.2 Å². The molecule has 1 saturated heterocycles. The van der Waals surface area contributed by atoms with E-state index in [1.54, 1.807) is 0 Å². The highest BCUT2D eigenvalue weighted by molar-refractivity contribution is 6.74. The van der Waals surface area contributed by atoms with Gasteiger partial charge in [0.15, 0.2) is 8.32 Å². The molecule has 0 aromatic heterocycles. The second-order valence-electron chi connectivity index (χ2n) is 10.4. The van der Waals surface area contributed by atoms with Crippen LogP contribution in [0.4, 0.5) is 8.78 Å². The lowest BCUT2D eigenvalue weighted by Crippen LogP contribution is -2.45. The molecular formula is C21H32F2O7Si. The second-order valence-corrected chi connectivity index (χ2v) is 15.2. The molecule has 0 N–H and O–H groups in total. The Kier molecular flexibility index (Phi) is 6.29. The standard InChI is InChI=1S/C21H32F2O7Si/c1-20(2,3)31(5,6)28-9-7-8-27-17(24)13-11-10-12-14(13)18(25)29-15(12)16(11)30-19(26)21(4,22)23/h11-16H,7-10H2,1-6H3. The zero-order valence-electron chi connectivity index (χ0n) is 18.9. The molecule has 176 valence electrons. The van der Waals surface area contributed by atoms with Crippen molar-refractivity contribution in [2.45, 2.75) is 76.8 Å². The summed E-state index contributed by atoms with van der Waals surface area (Å²) < 4.78 is 48.3. The van der Waals surface area contributed by atoms with Gasteiger partial charge in [-0.3, -0.25) is 9.59 Å². The van der Waals surface area contributed by atoms with Crippen LogP contribution in [0.1, 0.15) is 40.5 Å². The second kappa shape index (κ2) is 8.10. The highest BCUT2D eigenvalue weighted by atomic mass is 28.4. The van der Waals surface area contributed by atoms with Gasteiger partial charge in [-0.2, -0.15) is 8.78 Å². The molecule has 1 aliphatic heterocycles. The van der Waals surface area contributed by atoms with E-state index in [1.165, 1.54) is 0 Å². The predicted octanol–water partition coefficient (Wildman–Crippen LogP) is 3.32. The fourth-order valence-electron chi connectivity index (χ4n) is 4.57. The highest BCUT2D eigenvalue weighted by Crippen LogP contribution is 2.59. The molecule has 6 atom stereocenters. The molecule has 2 aliphatic carbocycles. The third-order valence-electron chi connectivity index (χ3n) is 7.22. The van der Waals surface area contributed by atoms with Crippen molar-refractivity contribution in [3.8, 4) is 0 Å². The quantitative estimate of drug-likeness (QED) is 0.237. The van der Waals surface area contributed by atoms with E-state index in [4.69, 9.17) is 18.6 Å². The number of ether oxygens (including phenoxy) is 3. The Labute approximate surface area is 182 Å². The SMILES string of the molecule is CC(F)(F)C(=O)OC1C2CC3C1OC(=O)C3C2C(=O)OCCCO[Si](C)(C)C(C)(C)C. The third kappa shape index (κ3) is 4.51. The predicted molar refractivity (Wildman–Crippen MR) is 108 cm³/mol. The first kappa shape index (κ1) is 24.1. The Balaban J connectivity index is 1.56. The minimum atomic E-state index is -3.66. The number of alkyl halides is 2. The van der Waals surface area contributed by atoms with Crippen LogP contribution in [0.15, 0.2) is 0 Å². The van der Waals surface area contributed by atoms with Crippen LogP contribution in [0.25, 0.3) is 0 Å². The van der Waals surface area contributed by atoms with E-state index in [0.717, 1.165) is 0 Å². The summed E-state index contributed by atoms with van der Waals surface area (Å²) >= 11 is 0. The maximum Gasteiger partial charge on any atom is 0.377 e. The average Bonchev–Trinajstić information content (AvgIpc) is 3.22. The summed E-state index contributed by atoms with van der Waals surface area (Å²) in [6.07, 6.45) is -0.902. The van der Waals surface area contributed by atoms with Crippen molar-refractivity contribution < 1.29 is 41.8 Å². The molecular weight excluding hydrogens is 430 g/mol. The zero-order valence-corrected chi connectivity index (χ0v) is 19.9. The third-order valence-corrected chi connectivity index (χ3v) is 11.8. The van der Waals surface area contributed by atoms with E-state index in [0.29, 0.717) is 26.4 Å². The van der Waals surface area contributed by atoms with Gasteiger partial charge in [0, 0.05) is 31.8 Å². The number of rotatable bonds is 8. The number of fused-ring (bicyclic) bond motifs is 1. The van der Waals surface area contributed by atoms with Crippen LogP contribution in [0.5, 0.6) is 0 Å². The Hall–Kier alpha value is -1.55. The maximum atomic E-state index is 13.3. The fourth-order valence-corrected chi connectivity index (χ4v) is 5.66. The van der Waals surface area contributed by atoms with Crippen LogP contribution in [0.3, 0.4) is 0 Å². The van der Waals surface area contributed by atoms with Gasteiger partial charge >= 0.3 is 23.8 Å². The first-order valence-corrected chi connectivity index (χ1v) is 13.7. The maximum absolute atomic E-state index is 13.3. The fraction of sp³-hybridized carbons (Fsp3) is 0.857. The lowest BCUT2D eigenvalue weighted by atomic mass is 9.78. The molecule has 0 spiro atoms. The molecule has 0 radical (unpaired) electrons. The van der Waals surface area contributed by atoms with Crippen LogP contribution >= 0.6 is 0 Å². The normalized spacial score (nSPS) is 32.2. The van der Waals surface area contributed by atoms with E-state index >= 15 is 0 Å². The van der Waals surface area contributed by atoms with E-state index in [2.05, 4.69) is 33.9 Å². The number of carbonyl (C=O) groups is 3. The summed E-state index contributed by atoms with van der Waals surface area (Å²) in [5, 5.41) is 0.0773. The molecule has 0 aromatic carbocycles. The lowest BCUT2D eigenvalue weighted by molar-refractivity contribution is -0.186. The van der Waals surface area contributed by atoms with Gasteiger partial charge in [-0.05, 0) is 24.6 Å². The molecule has 3 fully saturated rings. The summed E-state index contributed by atoms with van der Waals surface area (Å²) in [5.74, 6) is -8.87. The van der Waals surface area contributed by atoms with Gasteiger partial charge < -0.3 is 18.6 Å². The molecule has 3 rings (SSSR count). The van der Waals surface area contributed by atoms with E-state index < -0.39 is 62.1 Å². The lowest BCUT2D eigenvalue weighted by Gasteiger charge is -2.36. The van der Waals surface area contributed by atoms with Crippen LogP contribution in [0.2, 0.25) is 18.1 Å². The summed E-state index contributed by atoms with van der Waals surface area (Å²) in [6.45, 7) is 11.7. The largest absolute Gasteiger partial charge is 0.465 e. The first-order valence-electron chi connectivity index (χ1n) is 10.7. The highest BCUT2D eigenvalue weighted by Gasteiger charge is 2.70. The Morgan fingerprint density at radius 1 is 1.13 bits per heavy atom. The number of carbonyl (C=O) groups excluding carboxylic acids is 3. The van der Waals surface area contributed by atoms with Gasteiger partial charge in [-0.1, -0.05) is 20.8 Å². The monoisotopic (exact) mass is 462 g/mol. The van der Waals surface area contributed by atoms with Gasteiger partial charge in [0.1, 0.15) is 12.2 Å². The van der Waals surface area contributed by atoms with E-state index in [9.17, 15) is 23.2 Å². The molecule has 2 saturated carbocycles. The van der Waals surface area contributed by atoms with Crippen LogP contribution in [-0.4, -0.2) is 57.6 Å². The van der Waals surface area contributed by atoms with E-state index in [-0.39, 0.29) is 17.6 Å². The van der Waals surface area contributed by atoms with Crippen molar-refractivity contribution in [1.29, 1.82) is 0 Å². The Bertz CT molecular complexity index is 743. The molecule has 10 heteroatoms. The molecule has 1 heterocycles. The average molecular weight is 463 g/mol. The number of halogens is 2. The van der Waals surface area contributed by atoms with Gasteiger partial charge in [0.2, 0.25) is 0 Å². The van der Waals surface area contributed by atoms with Gasteiger partial charge in [-0.15, -0.1) is 0 Å². The molecule has 2 bridgehead atoms. The summed E-state index contributed by atoms with van der Waals surface area (Å²) in [7, 11) is -1.89. The van der Waals surface area contributed by atoms with Crippen molar-refractivity contribution in [2.24, 2.45) is 23.7 Å². The molecule has 0 amide bonds. The minimum Gasteiger partial charge on any atom is -0.465 e. The zero-order chi connectivity index (χ0) is 23.4. The summed E-state index contributed by atoms with van der Waals surface area (Å²) in [5.41, 5.74) is 0. The van der Waals surface area contributed by atoms with Crippen LogP contribution in [0, 0.1) is 23.7 Å². The summed E-state index contributed by atoms with van der Waals surface area (Å²) in [6, 6.07) is 0. The van der Waals surface area contributed by atoms with Crippen LogP contribution < -0.4 is 0 Å². The summed E-state index contributed by atoms with van der Waals surface area (Å²) in [4.78, 5) is 36.7. The molecule has 7 nitrogen and oxygen atoms in total. The number of esters is 3. The molecule has 31 heavy (non-hydrogen) atoms. The van der Waals surface area contributed by atoms with Gasteiger partial charge in [0.05, 0.1) is 18.4 Å². The molecule has 3 aliphatic rings. The topological polar surface area (TPSA) is 88.1 Å². The van der Waals surface area contributed by atoms with Crippen LogP contribution in [-0.2, 0) is 33.0 Å². The molecule has 0 aromatic rings. The Morgan fingerprint density at radius 2 is 1.77 bits per heavy atom. The van der Waals surface area contributed by atoms with Crippen molar-refractivity contribution in [1.82, 2.24) is 0 Å². The molecule has 6 unspecified atom stereocenters. The van der Waals surface area contributed by atoms with Gasteiger partial charge in [-0.25, -0.2) is 4.79 Å². The van der Waals surface area contributed by atoms with Crippen molar-refractivity contribution in [3.05, 3.63) is 0 Å². The first-order chi connectivity index (χ1) is 14.1. The smallest absolute Gasteiger partial charge is 0.377 e. The Morgan fingerprint density at radius 3 is 2.35 bits per heavy atom. The van der Waals surface area contributed by atoms with Crippen molar-refractivity contribution in [3.63, 3.8) is 0 Å². The number of hydrogen-bond acceptors (Lipinski definition) is 7. The van der Waals surface area contributed by atoms with Crippen molar-refractivity contribution >= 4 is 26.2 Å². The minimum absolute atomic E-state index is 0.0773. The van der Waals surface area contributed by atoms with E-state index in [1.807, 2.05) is 0 Å². The number of hydrogen-bond donors (Lipinski definition) is 0. The van der Waals surface area contributed by atoms with Gasteiger partial charge in [0.25, 0.3) is 0 Å².